The molecular weight excluding hydrogens is 226 g/mol. The molecule has 1 aromatic heterocycles. The van der Waals surface area contributed by atoms with Gasteiger partial charge in [-0.25, -0.2) is 0 Å². The summed E-state index contributed by atoms with van der Waals surface area (Å²) in [7, 11) is 1.62. The van der Waals surface area contributed by atoms with Gasteiger partial charge in [-0.05, 0) is 35.4 Å². The summed E-state index contributed by atoms with van der Waals surface area (Å²) in [6, 6.07) is 9.04. The predicted octanol–water partition coefficient (Wildman–Crippen LogP) is 2.99. The Bertz CT molecular complexity index is 481. The largest absolute Gasteiger partial charge is 0.497 e. The smallest absolute Gasteiger partial charge is 0.198 e. The normalized spacial score (nSPS) is 12.4. The summed E-state index contributed by atoms with van der Waals surface area (Å²) in [6.07, 6.45) is 1.53. The number of hydrogen-bond donors (Lipinski definition) is 1. The van der Waals surface area contributed by atoms with Crippen LogP contribution in [0.4, 0.5) is 0 Å². The van der Waals surface area contributed by atoms with Gasteiger partial charge in [-0.3, -0.25) is 0 Å². The Morgan fingerprint density at radius 2 is 2.19 bits per heavy atom. The Morgan fingerprint density at radius 3 is 2.81 bits per heavy atom. The molecule has 0 fully saturated rings. The molecule has 0 aliphatic heterocycles. The fraction of sp³-hybridized carbons (Fsp3) is 0.167. The fourth-order valence-corrected chi connectivity index (χ4v) is 1.77. The summed E-state index contributed by atoms with van der Waals surface area (Å²) in [5, 5.41) is 0.329. The first kappa shape index (κ1) is 11.0. The number of methoxy groups -OCH3 is 1. The van der Waals surface area contributed by atoms with Crippen molar-refractivity contribution < 1.29 is 9.15 Å². The maximum Gasteiger partial charge on any atom is 0.198 e. The van der Waals surface area contributed by atoms with E-state index in [1.165, 1.54) is 6.26 Å². The number of rotatable bonds is 3. The monoisotopic (exact) mass is 237 g/mol. The van der Waals surface area contributed by atoms with E-state index in [2.05, 4.69) is 0 Å². The summed E-state index contributed by atoms with van der Waals surface area (Å²) in [4.78, 5) is 0. The first-order valence-corrected chi connectivity index (χ1v) is 5.22. The molecule has 0 bridgehead atoms. The van der Waals surface area contributed by atoms with Gasteiger partial charge in [-0.2, -0.15) is 0 Å². The molecule has 4 heteroatoms. The van der Waals surface area contributed by atoms with Crippen molar-refractivity contribution in [2.75, 3.05) is 7.11 Å². The minimum Gasteiger partial charge on any atom is -0.497 e. The van der Waals surface area contributed by atoms with Crippen LogP contribution in [-0.4, -0.2) is 7.11 Å². The van der Waals surface area contributed by atoms with E-state index in [1.807, 2.05) is 24.3 Å². The molecule has 2 rings (SSSR count). The van der Waals surface area contributed by atoms with Gasteiger partial charge in [0.15, 0.2) is 5.22 Å². The quantitative estimate of drug-likeness (QED) is 0.893. The maximum atomic E-state index is 6.09. The minimum absolute atomic E-state index is 0.304. The zero-order valence-electron chi connectivity index (χ0n) is 8.81. The van der Waals surface area contributed by atoms with Gasteiger partial charge >= 0.3 is 0 Å². The van der Waals surface area contributed by atoms with Crippen molar-refractivity contribution in [2.24, 2.45) is 5.73 Å². The maximum absolute atomic E-state index is 6.09. The standard InChI is InChI=1S/C12H12ClNO2/c1-15-9-4-2-3-8(7-9)11(14)10-5-6-16-12(10)13/h2-7,11H,14H2,1H3. The van der Waals surface area contributed by atoms with Crippen LogP contribution in [0.1, 0.15) is 17.2 Å². The molecule has 1 atom stereocenters. The van der Waals surface area contributed by atoms with E-state index in [4.69, 9.17) is 26.5 Å². The lowest BCUT2D eigenvalue weighted by molar-refractivity contribution is 0.414. The number of nitrogens with two attached hydrogens (primary N) is 1. The number of ether oxygens (including phenoxy) is 1. The second-order valence-electron chi connectivity index (χ2n) is 3.40. The van der Waals surface area contributed by atoms with Crippen LogP contribution in [0.5, 0.6) is 5.75 Å². The average molecular weight is 238 g/mol. The highest BCUT2D eigenvalue weighted by Crippen LogP contribution is 2.28. The van der Waals surface area contributed by atoms with Crippen molar-refractivity contribution in [2.45, 2.75) is 6.04 Å². The van der Waals surface area contributed by atoms with Gasteiger partial charge in [0.2, 0.25) is 0 Å². The molecule has 0 aliphatic carbocycles. The molecule has 16 heavy (non-hydrogen) atoms. The van der Waals surface area contributed by atoms with E-state index in [-0.39, 0.29) is 6.04 Å². The fourth-order valence-electron chi connectivity index (χ4n) is 1.54. The summed E-state index contributed by atoms with van der Waals surface area (Å²) >= 11 is 5.88. The lowest BCUT2D eigenvalue weighted by atomic mass is 10.0. The average Bonchev–Trinajstić information content (AvgIpc) is 2.74. The van der Waals surface area contributed by atoms with Crippen molar-refractivity contribution in [1.29, 1.82) is 0 Å². The molecule has 84 valence electrons. The third kappa shape index (κ3) is 2.05. The number of halogens is 1. The van der Waals surface area contributed by atoms with E-state index in [9.17, 15) is 0 Å². The highest BCUT2D eigenvalue weighted by Gasteiger charge is 2.15. The molecule has 0 saturated heterocycles. The molecule has 2 aromatic rings. The summed E-state index contributed by atoms with van der Waals surface area (Å²) < 4.78 is 10.2. The molecule has 0 saturated carbocycles. The Hall–Kier alpha value is -1.45. The first-order chi connectivity index (χ1) is 7.72. The molecule has 1 heterocycles. The SMILES string of the molecule is COc1cccc(C(N)c2ccoc2Cl)c1. The molecule has 2 N–H and O–H groups in total. The van der Waals surface area contributed by atoms with Crippen molar-refractivity contribution in [3.05, 3.63) is 52.9 Å². The number of benzene rings is 1. The van der Waals surface area contributed by atoms with Crippen LogP contribution in [0, 0.1) is 0 Å². The van der Waals surface area contributed by atoms with E-state index in [0.717, 1.165) is 16.9 Å². The molecule has 0 aliphatic rings. The highest BCUT2D eigenvalue weighted by molar-refractivity contribution is 6.29. The number of hydrogen-bond acceptors (Lipinski definition) is 3. The molecule has 3 nitrogen and oxygen atoms in total. The van der Waals surface area contributed by atoms with Crippen LogP contribution < -0.4 is 10.5 Å². The minimum atomic E-state index is -0.304. The predicted molar refractivity (Wildman–Crippen MR) is 62.7 cm³/mol. The lowest BCUT2D eigenvalue weighted by Crippen LogP contribution is -2.11. The summed E-state index contributed by atoms with van der Waals surface area (Å²) in [5.74, 6) is 0.771. The van der Waals surface area contributed by atoms with Crippen LogP contribution in [0.2, 0.25) is 5.22 Å². The summed E-state index contributed by atoms with van der Waals surface area (Å²) in [5.41, 5.74) is 7.79. The molecule has 1 unspecified atom stereocenters. The Kier molecular flexibility index (Phi) is 3.17. The molecule has 0 amide bonds. The Labute approximate surface area is 98.8 Å². The second-order valence-corrected chi connectivity index (χ2v) is 3.75. The molecule has 0 spiro atoms. The van der Waals surface area contributed by atoms with Gasteiger partial charge < -0.3 is 14.9 Å². The van der Waals surface area contributed by atoms with Crippen LogP contribution >= 0.6 is 11.6 Å². The van der Waals surface area contributed by atoms with Crippen molar-refractivity contribution >= 4 is 11.6 Å². The zero-order chi connectivity index (χ0) is 11.5. The van der Waals surface area contributed by atoms with Crippen molar-refractivity contribution in [3.8, 4) is 5.75 Å². The third-order valence-corrected chi connectivity index (χ3v) is 2.74. The van der Waals surface area contributed by atoms with Crippen molar-refractivity contribution in [3.63, 3.8) is 0 Å². The van der Waals surface area contributed by atoms with Gasteiger partial charge in [0.1, 0.15) is 5.75 Å². The van der Waals surface area contributed by atoms with E-state index >= 15 is 0 Å². The van der Waals surface area contributed by atoms with Crippen LogP contribution in [0.15, 0.2) is 41.0 Å². The van der Waals surface area contributed by atoms with Gasteiger partial charge in [0.25, 0.3) is 0 Å². The van der Waals surface area contributed by atoms with Crippen molar-refractivity contribution in [1.82, 2.24) is 0 Å². The molecule has 1 aromatic carbocycles. The molecule has 0 radical (unpaired) electrons. The number of furan rings is 1. The Morgan fingerprint density at radius 1 is 1.38 bits per heavy atom. The van der Waals surface area contributed by atoms with Gasteiger partial charge in [0, 0.05) is 5.56 Å². The first-order valence-electron chi connectivity index (χ1n) is 4.85. The third-order valence-electron chi connectivity index (χ3n) is 2.43. The van der Waals surface area contributed by atoms with E-state index in [0.29, 0.717) is 5.22 Å². The van der Waals surface area contributed by atoms with E-state index in [1.54, 1.807) is 13.2 Å². The van der Waals surface area contributed by atoms with Crippen LogP contribution in [-0.2, 0) is 0 Å². The molecular formula is C12H12ClNO2. The highest BCUT2D eigenvalue weighted by atomic mass is 35.5. The van der Waals surface area contributed by atoms with Gasteiger partial charge in [-0.15, -0.1) is 0 Å². The van der Waals surface area contributed by atoms with E-state index < -0.39 is 0 Å². The zero-order valence-corrected chi connectivity index (χ0v) is 9.57. The summed E-state index contributed by atoms with van der Waals surface area (Å²) in [6.45, 7) is 0. The lowest BCUT2D eigenvalue weighted by Gasteiger charge is -2.11. The van der Waals surface area contributed by atoms with Gasteiger partial charge in [0.05, 0.1) is 19.4 Å². The van der Waals surface area contributed by atoms with Crippen LogP contribution in [0.3, 0.4) is 0 Å². The Balaban J connectivity index is 2.33. The van der Waals surface area contributed by atoms with Gasteiger partial charge in [-0.1, -0.05) is 12.1 Å². The van der Waals surface area contributed by atoms with Crippen LogP contribution in [0.25, 0.3) is 0 Å². The topological polar surface area (TPSA) is 48.4 Å². The second kappa shape index (κ2) is 4.60.